The van der Waals surface area contributed by atoms with Crippen molar-refractivity contribution in [3.05, 3.63) is 41.4 Å². The Bertz CT molecular complexity index is 484. The molecule has 3 nitrogen and oxygen atoms in total. The number of allylic oxidation sites excluding steroid dienone is 1. The molecule has 0 unspecified atom stereocenters. The third-order valence-corrected chi connectivity index (χ3v) is 1.88. The first-order chi connectivity index (χ1) is 8.45. The minimum absolute atomic E-state index is 0.00152. The second-order valence-corrected chi connectivity index (χ2v) is 3.28. The lowest BCUT2D eigenvalue weighted by Gasteiger charge is -2.07. The van der Waals surface area contributed by atoms with Gasteiger partial charge in [-0.3, -0.25) is 0 Å². The summed E-state index contributed by atoms with van der Waals surface area (Å²) in [7, 11) is 0. The van der Waals surface area contributed by atoms with Gasteiger partial charge in [0.15, 0.2) is 17.4 Å². The minimum atomic E-state index is -1.63. The van der Waals surface area contributed by atoms with Crippen LogP contribution in [0.5, 0.6) is 5.75 Å². The topological polar surface area (TPSA) is 35.5 Å². The summed E-state index contributed by atoms with van der Waals surface area (Å²) in [6, 6.07) is 1.65. The molecule has 0 aromatic heterocycles. The van der Waals surface area contributed by atoms with Crippen molar-refractivity contribution in [2.75, 3.05) is 6.61 Å². The molecule has 0 saturated carbocycles. The van der Waals surface area contributed by atoms with E-state index in [9.17, 15) is 18.0 Å². The van der Waals surface area contributed by atoms with Crippen LogP contribution in [0.1, 0.15) is 13.8 Å². The Hall–Kier alpha value is -1.98. The monoisotopic (exact) mass is 260 g/mol. The standard InChI is InChI=1S/C12H11F3O3/c1-3-17-10(16)6-7(2)18-9-5-4-8(13)11(14)12(9)15/h4-6H,3H2,1-2H3. The van der Waals surface area contributed by atoms with Crippen LogP contribution in [-0.2, 0) is 9.53 Å². The van der Waals surface area contributed by atoms with Crippen LogP contribution in [0.15, 0.2) is 24.0 Å². The van der Waals surface area contributed by atoms with Gasteiger partial charge in [-0.1, -0.05) is 0 Å². The van der Waals surface area contributed by atoms with E-state index >= 15 is 0 Å². The van der Waals surface area contributed by atoms with Crippen LogP contribution in [0, 0.1) is 17.5 Å². The van der Waals surface area contributed by atoms with Gasteiger partial charge in [-0.2, -0.15) is 4.39 Å². The lowest BCUT2D eigenvalue weighted by molar-refractivity contribution is -0.137. The average molecular weight is 260 g/mol. The van der Waals surface area contributed by atoms with Crippen LogP contribution in [0.25, 0.3) is 0 Å². The predicted molar refractivity (Wildman–Crippen MR) is 57.3 cm³/mol. The van der Waals surface area contributed by atoms with E-state index in [0.717, 1.165) is 18.2 Å². The zero-order chi connectivity index (χ0) is 13.7. The van der Waals surface area contributed by atoms with Crippen molar-refractivity contribution >= 4 is 5.97 Å². The van der Waals surface area contributed by atoms with Crippen LogP contribution >= 0.6 is 0 Å². The maximum Gasteiger partial charge on any atom is 0.334 e. The average Bonchev–Trinajstić information content (AvgIpc) is 2.30. The number of benzene rings is 1. The van der Waals surface area contributed by atoms with E-state index in [1.54, 1.807) is 6.92 Å². The smallest absolute Gasteiger partial charge is 0.334 e. The molecule has 0 bridgehead atoms. The molecule has 0 aliphatic heterocycles. The molecule has 6 heteroatoms. The van der Waals surface area contributed by atoms with Crippen LogP contribution in [0.2, 0.25) is 0 Å². The van der Waals surface area contributed by atoms with E-state index in [0.29, 0.717) is 0 Å². The number of hydrogen-bond acceptors (Lipinski definition) is 3. The summed E-state index contributed by atoms with van der Waals surface area (Å²) < 4.78 is 48.2. The normalized spacial score (nSPS) is 11.3. The van der Waals surface area contributed by atoms with Gasteiger partial charge in [0.1, 0.15) is 5.76 Å². The summed E-state index contributed by atoms with van der Waals surface area (Å²) in [5.74, 6) is -5.57. The molecule has 0 saturated heterocycles. The van der Waals surface area contributed by atoms with Crippen molar-refractivity contribution in [1.82, 2.24) is 0 Å². The first-order valence-corrected chi connectivity index (χ1v) is 5.12. The Balaban J connectivity index is 2.85. The number of rotatable bonds is 4. The molecule has 1 rings (SSSR count). The van der Waals surface area contributed by atoms with Gasteiger partial charge in [0, 0.05) is 0 Å². The highest BCUT2D eigenvalue weighted by molar-refractivity contribution is 5.82. The van der Waals surface area contributed by atoms with Crippen molar-refractivity contribution < 1.29 is 27.4 Å². The highest BCUT2D eigenvalue weighted by Crippen LogP contribution is 2.23. The summed E-state index contributed by atoms with van der Waals surface area (Å²) in [4.78, 5) is 11.0. The molecule has 0 spiro atoms. The summed E-state index contributed by atoms with van der Waals surface area (Å²) in [6.45, 7) is 3.16. The second kappa shape index (κ2) is 6.09. The van der Waals surface area contributed by atoms with E-state index < -0.39 is 29.2 Å². The summed E-state index contributed by atoms with van der Waals surface area (Å²) in [6.07, 6.45) is 0.976. The highest BCUT2D eigenvalue weighted by Gasteiger charge is 2.15. The van der Waals surface area contributed by atoms with Gasteiger partial charge in [0.25, 0.3) is 0 Å². The molecule has 0 aliphatic carbocycles. The summed E-state index contributed by atoms with van der Waals surface area (Å²) in [5, 5.41) is 0. The van der Waals surface area contributed by atoms with E-state index in [1.807, 2.05) is 0 Å². The fraction of sp³-hybridized carbons (Fsp3) is 0.250. The molecule has 0 radical (unpaired) electrons. The number of halogens is 3. The fourth-order valence-corrected chi connectivity index (χ4v) is 1.14. The lowest BCUT2D eigenvalue weighted by Crippen LogP contribution is -2.04. The SMILES string of the molecule is CCOC(=O)C=C(C)Oc1ccc(F)c(F)c1F. The first-order valence-electron chi connectivity index (χ1n) is 5.12. The number of ether oxygens (including phenoxy) is 2. The lowest BCUT2D eigenvalue weighted by atomic mass is 10.3. The van der Waals surface area contributed by atoms with Gasteiger partial charge in [-0.15, -0.1) is 0 Å². The van der Waals surface area contributed by atoms with Gasteiger partial charge >= 0.3 is 5.97 Å². The van der Waals surface area contributed by atoms with E-state index in [1.165, 1.54) is 6.92 Å². The molecule has 0 atom stereocenters. The summed E-state index contributed by atoms with van der Waals surface area (Å²) in [5.41, 5.74) is 0. The Labute approximate surface area is 102 Å². The quantitative estimate of drug-likeness (QED) is 0.361. The van der Waals surface area contributed by atoms with Gasteiger partial charge in [-0.25, -0.2) is 13.6 Å². The molecular weight excluding hydrogens is 249 g/mol. The van der Waals surface area contributed by atoms with Gasteiger partial charge in [0.2, 0.25) is 5.82 Å². The van der Waals surface area contributed by atoms with Crippen molar-refractivity contribution in [1.29, 1.82) is 0 Å². The predicted octanol–water partition coefficient (Wildman–Crippen LogP) is 2.95. The maximum atomic E-state index is 13.2. The number of carbonyl (C=O) groups is 1. The van der Waals surface area contributed by atoms with Gasteiger partial charge in [-0.05, 0) is 26.0 Å². The minimum Gasteiger partial charge on any atom is -0.463 e. The van der Waals surface area contributed by atoms with E-state index in [-0.39, 0.29) is 12.4 Å². The molecule has 0 amide bonds. The second-order valence-electron chi connectivity index (χ2n) is 3.28. The van der Waals surface area contributed by atoms with Crippen molar-refractivity contribution in [3.63, 3.8) is 0 Å². The third kappa shape index (κ3) is 3.51. The van der Waals surface area contributed by atoms with Crippen molar-refractivity contribution in [2.24, 2.45) is 0 Å². The fourth-order valence-electron chi connectivity index (χ4n) is 1.14. The highest BCUT2D eigenvalue weighted by atomic mass is 19.2. The van der Waals surface area contributed by atoms with E-state index in [4.69, 9.17) is 4.74 Å². The zero-order valence-corrected chi connectivity index (χ0v) is 9.80. The molecule has 98 valence electrons. The van der Waals surface area contributed by atoms with Crippen molar-refractivity contribution in [2.45, 2.75) is 13.8 Å². The largest absolute Gasteiger partial charge is 0.463 e. The van der Waals surface area contributed by atoms with Crippen LogP contribution in [-0.4, -0.2) is 12.6 Å². The van der Waals surface area contributed by atoms with Crippen LogP contribution < -0.4 is 4.74 Å². The molecule has 0 N–H and O–H groups in total. The molecule has 0 aliphatic rings. The maximum absolute atomic E-state index is 13.2. The van der Waals surface area contributed by atoms with Gasteiger partial charge < -0.3 is 9.47 Å². The molecule has 18 heavy (non-hydrogen) atoms. The third-order valence-electron chi connectivity index (χ3n) is 1.88. The number of carbonyl (C=O) groups excluding carboxylic acids is 1. The van der Waals surface area contributed by atoms with E-state index in [2.05, 4.69) is 4.74 Å². The van der Waals surface area contributed by atoms with Crippen LogP contribution in [0.4, 0.5) is 13.2 Å². The number of hydrogen-bond donors (Lipinski definition) is 0. The first kappa shape index (κ1) is 14.1. The molecule has 0 heterocycles. The Morgan fingerprint density at radius 3 is 2.56 bits per heavy atom. The molecule has 1 aromatic carbocycles. The Kier molecular flexibility index (Phi) is 4.76. The van der Waals surface area contributed by atoms with Gasteiger partial charge in [0.05, 0.1) is 12.7 Å². The Morgan fingerprint density at radius 2 is 1.94 bits per heavy atom. The zero-order valence-electron chi connectivity index (χ0n) is 9.80. The molecule has 1 aromatic rings. The Morgan fingerprint density at radius 1 is 1.28 bits per heavy atom. The number of esters is 1. The van der Waals surface area contributed by atoms with Crippen LogP contribution in [0.3, 0.4) is 0 Å². The molecular formula is C12H11F3O3. The van der Waals surface area contributed by atoms with Crippen molar-refractivity contribution in [3.8, 4) is 5.75 Å². The summed E-state index contributed by atoms with van der Waals surface area (Å²) >= 11 is 0. The molecule has 0 fully saturated rings.